The fraction of sp³-hybridized carbons (Fsp3) is 0.0222. The van der Waals surface area contributed by atoms with E-state index < -0.39 is 5.41 Å². The van der Waals surface area contributed by atoms with Crippen molar-refractivity contribution >= 4 is 43.1 Å². The standard InChI is InChI=1S/C45H30O2/c1-3-46-38-20-15-32-23-36(18-13-34(32)25-38)45(37-19-14-35-26-39(47-4-2)21-16-33(35)24-37)42-22-17-29-9-7-8-12-40(29)44(42)41-27-30-10-5-6-11-31(30)28-43(41)45/h3-28H,1-2H2. The van der Waals surface area contributed by atoms with Gasteiger partial charge in [-0.05, 0) is 125 Å². The van der Waals surface area contributed by atoms with Crippen LogP contribution < -0.4 is 9.47 Å². The average molecular weight is 603 g/mol. The van der Waals surface area contributed by atoms with Gasteiger partial charge in [0.25, 0.3) is 0 Å². The predicted molar refractivity (Wildman–Crippen MR) is 195 cm³/mol. The molecule has 0 amide bonds. The molecule has 0 aliphatic heterocycles. The van der Waals surface area contributed by atoms with Crippen LogP contribution in [0.1, 0.15) is 22.3 Å². The Hall–Kier alpha value is -6.12. The molecule has 0 bridgehead atoms. The molecule has 0 saturated heterocycles. The van der Waals surface area contributed by atoms with Gasteiger partial charge in [0, 0.05) is 0 Å². The molecule has 0 saturated carbocycles. The molecule has 0 heterocycles. The van der Waals surface area contributed by atoms with Gasteiger partial charge in [0.2, 0.25) is 0 Å². The van der Waals surface area contributed by atoms with E-state index in [2.05, 4.69) is 147 Å². The van der Waals surface area contributed by atoms with Crippen molar-refractivity contribution in [1.82, 2.24) is 0 Å². The Balaban J connectivity index is 1.42. The zero-order chi connectivity index (χ0) is 31.5. The molecule has 0 atom stereocenters. The predicted octanol–water partition coefficient (Wildman–Crippen LogP) is 11.7. The van der Waals surface area contributed by atoms with Gasteiger partial charge in [0.05, 0.1) is 17.9 Å². The highest BCUT2D eigenvalue weighted by molar-refractivity contribution is 6.07. The largest absolute Gasteiger partial charge is 0.466 e. The number of benzene rings is 8. The molecule has 1 aliphatic carbocycles. The second-order valence-corrected chi connectivity index (χ2v) is 12.2. The molecule has 47 heavy (non-hydrogen) atoms. The number of fused-ring (bicyclic) bond motifs is 8. The zero-order valence-electron chi connectivity index (χ0n) is 25.7. The molecule has 8 aromatic rings. The second-order valence-electron chi connectivity index (χ2n) is 12.2. The summed E-state index contributed by atoms with van der Waals surface area (Å²) in [5, 5.41) is 9.52. The van der Waals surface area contributed by atoms with E-state index in [9.17, 15) is 0 Å². The summed E-state index contributed by atoms with van der Waals surface area (Å²) in [4.78, 5) is 0. The van der Waals surface area contributed by atoms with Crippen LogP contribution in [0.3, 0.4) is 0 Å². The van der Waals surface area contributed by atoms with E-state index in [1.54, 1.807) is 0 Å². The lowest BCUT2D eigenvalue weighted by Gasteiger charge is -2.34. The van der Waals surface area contributed by atoms with E-state index >= 15 is 0 Å². The summed E-state index contributed by atoms with van der Waals surface area (Å²) in [6, 6.07) is 53.2. The Bertz CT molecular complexity index is 2480. The van der Waals surface area contributed by atoms with E-state index in [0.717, 1.165) is 33.0 Å². The summed E-state index contributed by atoms with van der Waals surface area (Å²) in [6.45, 7) is 7.47. The highest BCUT2D eigenvalue weighted by Crippen LogP contribution is 2.59. The molecule has 9 rings (SSSR count). The third-order valence-electron chi connectivity index (χ3n) is 9.82. The molecule has 222 valence electrons. The van der Waals surface area contributed by atoms with Crippen molar-refractivity contribution in [3.8, 4) is 22.6 Å². The van der Waals surface area contributed by atoms with E-state index in [1.807, 2.05) is 12.1 Å². The first-order chi connectivity index (χ1) is 23.2. The average Bonchev–Trinajstić information content (AvgIpc) is 3.40. The highest BCUT2D eigenvalue weighted by Gasteiger charge is 2.47. The molecule has 0 radical (unpaired) electrons. The lowest BCUT2D eigenvalue weighted by Crippen LogP contribution is -2.28. The molecule has 0 N–H and O–H groups in total. The van der Waals surface area contributed by atoms with Crippen LogP contribution in [0.15, 0.2) is 171 Å². The van der Waals surface area contributed by atoms with Crippen molar-refractivity contribution in [2.24, 2.45) is 0 Å². The molecule has 0 spiro atoms. The van der Waals surface area contributed by atoms with Gasteiger partial charge >= 0.3 is 0 Å². The maximum absolute atomic E-state index is 5.62. The van der Waals surface area contributed by atoms with Crippen LogP contribution in [-0.4, -0.2) is 0 Å². The van der Waals surface area contributed by atoms with E-state index in [4.69, 9.17) is 9.47 Å². The van der Waals surface area contributed by atoms with Gasteiger partial charge in [0.15, 0.2) is 0 Å². The molecular weight excluding hydrogens is 572 g/mol. The Labute approximate surface area is 273 Å². The fourth-order valence-corrected chi connectivity index (χ4v) is 7.82. The van der Waals surface area contributed by atoms with Crippen molar-refractivity contribution < 1.29 is 9.47 Å². The van der Waals surface area contributed by atoms with Gasteiger partial charge in [-0.2, -0.15) is 0 Å². The lowest BCUT2D eigenvalue weighted by atomic mass is 9.67. The first kappa shape index (κ1) is 27.2. The van der Waals surface area contributed by atoms with Gasteiger partial charge < -0.3 is 9.47 Å². The third kappa shape index (κ3) is 4.05. The highest BCUT2D eigenvalue weighted by atomic mass is 16.5. The minimum atomic E-state index is -0.576. The molecule has 2 nitrogen and oxygen atoms in total. The minimum Gasteiger partial charge on any atom is -0.466 e. The van der Waals surface area contributed by atoms with Crippen LogP contribution >= 0.6 is 0 Å². The fourth-order valence-electron chi connectivity index (χ4n) is 7.82. The van der Waals surface area contributed by atoms with Gasteiger partial charge in [0.1, 0.15) is 11.5 Å². The summed E-state index contributed by atoms with van der Waals surface area (Å²) >= 11 is 0. The zero-order valence-corrected chi connectivity index (χ0v) is 25.7. The smallest absolute Gasteiger partial charge is 0.127 e. The molecule has 8 aromatic carbocycles. The van der Waals surface area contributed by atoms with Crippen LogP contribution in [0.4, 0.5) is 0 Å². The van der Waals surface area contributed by atoms with Crippen LogP contribution in [0.2, 0.25) is 0 Å². The summed E-state index contributed by atoms with van der Waals surface area (Å²) in [7, 11) is 0. The summed E-state index contributed by atoms with van der Waals surface area (Å²) in [5.74, 6) is 1.55. The SMILES string of the molecule is C=COc1ccc2cc(C3(c4ccc5cc(OC=C)ccc5c4)c4cc5ccccc5cc4-c4c3ccc3ccccc43)ccc2c1. The lowest BCUT2D eigenvalue weighted by molar-refractivity contribution is 0.484. The Morgan fingerprint density at radius 3 is 1.53 bits per heavy atom. The third-order valence-corrected chi connectivity index (χ3v) is 9.82. The normalized spacial score (nSPS) is 13.0. The molecule has 0 unspecified atom stereocenters. The number of hydrogen-bond donors (Lipinski definition) is 0. The van der Waals surface area contributed by atoms with Gasteiger partial charge in [-0.25, -0.2) is 0 Å². The number of ether oxygens (including phenoxy) is 2. The minimum absolute atomic E-state index is 0.576. The Morgan fingerprint density at radius 1 is 0.426 bits per heavy atom. The molecular formula is C45H30O2. The maximum Gasteiger partial charge on any atom is 0.127 e. The van der Waals surface area contributed by atoms with Crippen LogP contribution in [0.25, 0.3) is 54.2 Å². The van der Waals surface area contributed by atoms with Crippen molar-refractivity contribution in [3.63, 3.8) is 0 Å². The van der Waals surface area contributed by atoms with Crippen molar-refractivity contribution in [3.05, 3.63) is 194 Å². The van der Waals surface area contributed by atoms with Crippen molar-refractivity contribution in [2.45, 2.75) is 5.41 Å². The molecule has 1 aliphatic rings. The van der Waals surface area contributed by atoms with Gasteiger partial charge in [-0.1, -0.05) is 110 Å². The van der Waals surface area contributed by atoms with Gasteiger partial charge in [-0.15, -0.1) is 0 Å². The monoisotopic (exact) mass is 602 g/mol. The van der Waals surface area contributed by atoms with E-state index in [0.29, 0.717) is 0 Å². The number of hydrogen-bond acceptors (Lipinski definition) is 2. The first-order valence-corrected chi connectivity index (χ1v) is 15.9. The first-order valence-electron chi connectivity index (χ1n) is 15.9. The Morgan fingerprint density at radius 2 is 0.915 bits per heavy atom. The second kappa shape index (κ2) is 10.5. The summed E-state index contributed by atoms with van der Waals surface area (Å²) in [5.41, 5.74) is 7.03. The maximum atomic E-state index is 5.62. The number of rotatable bonds is 6. The molecule has 0 fully saturated rings. The van der Waals surface area contributed by atoms with Crippen LogP contribution in [0.5, 0.6) is 11.5 Å². The van der Waals surface area contributed by atoms with E-state index in [-0.39, 0.29) is 0 Å². The van der Waals surface area contributed by atoms with E-state index in [1.165, 1.54) is 67.4 Å². The van der Waals surface area contributed by atoms with Crippen LogP contribution in [-0.2, 0) is 5.41 Å². The molecule has 2 heteroatoms. The Kier molecular flexibility index (Phi) is 6.06. The van der Waals surface area contributed by atoms with Crippen LogP contribution in [0, 0.1) is 0 Å². The topological polar surface area (TPSA) is 18.5 Å². The quantitative estimate of drug-likeness (QED) is 0.176. The van der Waals surface area contributed by atoms with Crippen molar-refractivity contribution in [1.29, 1.82) is 0 Å². The molecule has 0 aromatic heterocycles. The summed E-state index contributed by atoms with van der Waals surface area (Å²) in [6.07, 6.45) is 2.94. The van der Waals surface area contributed by atoms with Crippen molar-refractivity contribution in [2.75, 3.05) is 0 Å². The summed E-state index contributed by atoms with van der Waals surface area (Å²) < 4.78 is 11.2. The van der Waals surface area contributed by atoms with Gasteiger partial charge in [-0.3, -0.25) is 0 Å².